The topological polar surface area (TPSA) is 107 Å². The van der Waals surface area contributed by atoms with E-state index >= 15 is 0 Å². The van der Waals surface area contributed by atoms with Crippen molar-refractivity contribution in [2.45, 2.75) is 19.9 Å². The molecule has 0 aliphatic carbocycles. The van der Waals surface area contributed by atoms with E-state index in [1.54, 1.807) is 18.6 Å². The highest BCUT2D eigenvalue weighted by molar-refractivity contribution is 5.66. The second-order valence-electron chi connectivity index (χ2n) is 3.98. The van der Waals surface area contributed by atoms with Gasteiger partial charge in [-0.15, -0.1) is 5.10 Å². The minimum atomic E-state index is -0.836. The van der Waals surface area contributed by atoms with Gasteiger partial charge in [-0.05, 0) is 16.3 Å². The smallest absolute Gasteiger partial charge is 0.303 e. The van der Waals surface area contributed by atoms with Crippen molar-refractivity contribution in [1.29, 1.82) is 0 Å². The van der Waals surface area contributed by atoms with Gasteiger partial charge in [0.15, 0.2) is 0 Å². The molecule has 0 saturated heterocycles. The zero-order valence-electron chi connectivity index (χ0n) is 9.76. The lowest BCUT2D eigenvalue weighted by Crippen LogP contribution is -2.14. The van der Waals surface area contributed by atoms with E-state index in [-0.39, 0.29) is 12.3 Å². The molecule has 2 aromatic heterocycles. The second-order valence-corrected chi connectivity index (χ2v) is 3.98. The Balaban J connectivity index is 2.16. The van der Waals surface area contributed by atoms with Gasteiger partial charge in [0, 0.05) is 25.4 Å². The highest BCUT2D eigenvalue weighted by Crippen LogP contribution is 2.13. The van der Waals surface area contributed by atoms with Crippen molar-refractivity contribution >= 4 is 5.97 Å². The Kier molecular flexibility index (Phi) is 3.56. The summed E-state index contributed by atoms with van der Waals surface area (Å²) in [5, 5.41) is 20.0. The van der Waals surface area contributed by atoms with E-state index in [4.69, 9.17) is 5.11 Å². The Bertz CT molecular complexity index is 526. The van der Waals surface area contributed by atoms with Crippen molar-refractivity contribution in [3.63, 3.8) is 0 Å². The van der Waals surface area contributed by atoms with E-state index in [1.165, 1.54) is 4.68 Å². The number of aromatic nitrogens is 6. The molecule has 18 heavy (non-hydrogen) atoms. The number of nitrogens with zero attached hydrogens (tertiary/aromatic N) is 6. The summed E-state index contributed by atoms with van der Waals surface area (Å²) >= 11 is 0. The van der Waals surface area contributed by atoms with Crippen LogP contribution in [-0.4, -0.2) is 41.3 Å². The minimum absolute atomic E-state index is 0.0681. The van der Waals surface area contributed by atoms with Gasteiger partial charge in [0.1, 0.15) is 5.69 Å². The van der Waals surface area contributed by atoms with Crippen LogP contribution in [0, 0.1) is 5.92 Å². The molecule has 2 rings (SSSR count). The lowest BCUT2D eigenvalue weighted by molar-refractivity contribution is -0.138. The van der Waals surface area contributed by atoms with Crippen molar-refractivity contribution in [3.8, 4) is 11.5 Å². The maximum atomic E-state index is 10.6. The molecular weight excluding hydrogens is 236 g/mol. The fourth-order valence-corrected chi connectivity index (χ4v) is 1.58. The number of aliphatic carboxylic acids is 1. The van der Waals surface area contributed by atoms with Crippen LogP contribution in [0.5, 0.6) is 0 Å². The Hall–Kier alpha value is -2.38. The normalized spacial score (nSPS) is 12.3. The Labute approximate surface area is 103 Å². The number of hydrogen-bond acceptors (Lipinski definition) is 6. The van der Waals surface area contributed by atoms with Gasteiger partial charge in [0.25, 0.3) is 0 Å². The number of hydrogen-bond donors (Lipinski definition) is 1. The van der Waals surface area contributed by atoms with Gasteiger partial charge in [0.05, 0.1) is 6.20 Å². The van der Waals surface area contributed by atoms with E-state index < -0.39 is 5.97 Å². The number of carbonyl (C=O) groups is 1. The third-order valence-electron chi connectivity index (χ3n) is 2.33. The highest BCUT2D eigenvalue weighted by atomic mass is 16.4. The molecular formula is C10H12N6O2. The monoisotopic (exact) mass is 248 g/mol. The summed E-state index contributed by atoms with van der Waals surface area (Å²) in [4.78, 5) is 18.7. The van der Waals surface area contributed by atoms with E-state index in [2.05, 4.69) is 25.5 Å². The molecule has 1 N–H and O–H groups in total. The van der Waals surface area contributed by atoms with Crippen molar-refractivity contribution in [1.82, 2.24) is 30.2 Å². The van der Waals surface area contributed by atoms with E-state index in [1.807, 2.05) is 6.92 Å². The molecule has 0 radical (unpaired) electrons. The van der Waals surface area contributed by atoms with Crippen LogP contribution >= 0.6 is 0 Å². The average molecular weight is 248 g/mol. The largest absolute Gasteiger partial charge is 0.481 e. The van der Waals surface area contributed by atoms with Crippen molar-refractivity contribution in [2.24, 2.45) is 5.92 Å². The molecule has 1 atom stereocenters. The second kappa shape index (κ2) is 5.30. The molecule has 2 aromatic rings. The average Bonchev–Trinajstić information content (AvgIpc) is 2.77. The third-order valence-corrected chi connectivity index (χ3v) is 2.33. The van der Waals surface area contributed by atoms with Gasteiger partial charge in [-0.1, -0.05) is 6.92 Å². The van der Waals surface area contributed by atoms with Crippen LogP contribution < -0.4 is 0 Å². The molecule has 1 unspecified atom stereocenters. The third kappa shape index (κ3) is 2.84. The highest BCUT2D eigenvalue weighted by Gasteiger charge is 2.14. The van der Waals surface area contributed by atoms with Gasteiger partial charge in [-0.2, -0.15) is 0 Å². The standard InChI is InChI=1S/C10H12N6O2/c1-7(4-9(17)18)6-16-10(13-14-15-16)8-5-11-2-3-12-8/h2-3,5,7H,4,6H2,1H3,(H,17,18). The summed E-state index contributed by atoms with van der Waals surface area (Å²) in [7, 11) is 0. The van der Waals surface area contributed by atoms with Crippen LogP contribution in [0.3, 0.4) is 0 Å². The number of carboxylic acids is 1. The Morgan fingerprint density at radius 2 is 2.33 bits per heavy atom. The first kappa shape index (κ1) is 12.1. The summed E-state index contributed by atoms with van der Waals surface area (Å²) < 4.78 is 1.54. The molecule has 0 amide bonds. The molecule has 0 aromatic carbocycles. The van der Waals surface area contributed by atoms with Gasteiger partial charge < -0.3 is 5.11 Å². The Morgan fingerprint density at radius 3 is 3.00 bits per heavy atom. The van der Waals surface area contributed by atoms with Crippen LogP contribution in [0.4, 0.5) is 0 Å². The van der Waals surface area contributed by atoms with Gasteiger partial charge in [-0.25, -0.2) is 9.67 Å². The minimum Gasteiger partial charge on any atom is -0.481 e. The predicted molar refractivity (Wildman–Crippen MR) is 60.3 cm³/mol. The zero-order chi connectivity index (χ0) is 13.0. The summed E-state index contributed by atoms with van der Waals surface area (Å²) in [6.45, 7) is 2.25. The van der Waals surface area contributed by atoms with Crippen molar-refractivity contribution in [3.05, 3.63) is 18.6 Å². The van der Waals surface area contributed by atoms with E-state index in [0.717, 1.165) is 0 Å². The molecule has 0 spiro atoms. The molecule has 94 valence electrons. The summed E-state index contributed by atoms with van der Waals surface area (Å²) in [6, 6.07) is 0. The van der Waals surface area contributed by atoms with Crippen LogP contribution in [0.25, 0.3) is 11.5 Å². The lowest BCUT2D eigenvalue weighted by atomic mass is 10.1. The summed E-state index contributed by atoms with van der Waals surface area (Å²) in [6.07, 6.45) is 4.74. The lowest BCUT2D eigenvalue weighted by Gasteiger charge is -2.09. The molecule has 0 fully saturated rings. The number of carboxylic acid groups (broad SMARTS) is 1. The first-order valence-electron chi connectivity index (χ1n) is 5.41. The predicted octanol–water partition coefficient (Wildman–Crippen LogP) is 0.241. The van der Waals surface area contributed by atoms with Crippen LogP contribution in [0.1, 0.15) is 13.3 Å². The van der Waals surface area contributed by atoms with Crippen LogP contribution in [-0.2, 0) is 11.3 Å². The van der Waals surface area contributed by atoms with E-state index in [9.17, 15) is 4.79 Å². The van der Waals surface area contributed by atoms with Gasteiger partial charge in [-0.3, -0.25) is 9.78 Å². The molecule has 0 bridgehead atoms. The maximum Gasteiger partial charge on any atom is 0.303 e. The van der Waals surface area contributed by atoms with E-state index in [0.29, 0.717) is 18.1 Å². The number of rotatable bonds is 5. The molecule has 8 nitrogen and oxygen atoms in total. The number of tetrazole rings is 1. The van der Waals surface area contributed by atoms with Crippen molar-refractivity contribution in [2.75, 3.05) is 0 Å². The van der Waals surface area contributed by atoms with Crippen LogP contribution in [0.2, 0.25) is 0 Å². The van der Waals surface area contributed by atoms with Gasteiger partial charge >= 0.3 is 5.97 Å². The Morgan fingerprint density at radius 1 is 1.50 bits per heavy atom. The first-order chi connectivity index (χ1) is 8.66. The molecule has 8 heteroatoms. The summed E-state index contributed by atoms with van der Waals surface area (Å²) in [5.74, 6) is -0.418. The molecule has 2 heterocycles. The van der Waals surface area contributed by atoms with Crippen molar-refractivity contribution < 1.29 is 9.90 Å². The SMILES string of the molecule is CC(CC(=O)O)Cn1nnnc1-c1cnccn1. The summed E-state index contributed by atoms with van der Waals surface area (Å²) in [5.41, 5.74) is 0.560. The first-order valence-corrected chi connectivity index (χ1v) is 5.41. The maximum absolute atomic E-state index is 10.6. The quantitative estimate of drug-likeness (QED) is 0.807. The van der Waals surface area contributed by atoms with Crippen LogP contribution in [0.15, 0.2) is 18.6 Å². The zero-order valence-corrected chi connectivity index (χ0v) is 9.76. The molecule has 0 aliphatic heterocycles. The van der Waals surface area contributed by atoms with Gasteiger partial charge in [0.2, 0.25) is 5.82 Å². The molecule has 0 aliphatic rings. The molecule has 0 saturated carbocycles. The fourth-order valence-electron chi connectivity index (χ4n) is 1.58. The fraction of sp³-hybridized carbons (Fsp3) is 0.400.